The number of nitrogens with one attached hydrogen (secondary N) is 1. The standard InChI is InChI=1S/C15H19N3O2S/c1-16-12-9-20-8-10(12)15(19)18(2)7-14-17-11-5-3-4-6-13(11)21-14/h3-6,10,12,16H,7-9H2,1-2H3. The van der Waals surface area contributed by atoms with Gasteiger partial charge < -0.3 is 15.0 Å². The predicted octanol–water partition coefficient (Wildman–Crippen LogP) is 1.49. The van der Waals surface area contributed by atoms with Gasteiger partial charge in [0.2, 0.25) is 5.91 Å². The molecule has 1 fully saturated rings. The number of hydrogen-bond donors (Lipinski definition) is 1. The van der Waals surface area contributed by atoms with E-state index >= 15 is 0 Å². The topological polar surface area (TPSA) is 54.5 Å². The number of likely N-dealkylation sites (N-methyl/N-ethyl adjacent to an activating group) is 1. The van der Waals surface area contributed by atoms with Crippen molar-refractivity contribution in [3.63, 3.8) is 0 Å². The van der Waals surface area contributed by atoms with Gasteiger partial charge in [-0.1, -0.05) is 12.1 Å². The average Bonchev–Trinajstić information content (AvgIpc) is 3.11. The van der Waals surface area contributed by atoms with Crippen LogP contribution in [0.3, 0.4) is 0 Å². The molecule has 112 valence electrons. The highest BCUT2D eigenvalue weighted by Gasteiger charge is 2.34. The molecule has 0 bridgehead atoms. The van der Waals surface area contributed by atoms with Crippen LogP contribution in [0, 0.1) is 5.92 Å². The van der Waals surface area contributed by atoms with E-state index in [1.54, 1.807) is 16.2 Å². The molecule has 5 nitrogen and oxygen atoms in total. The Bertz CT molecular complexity index is 610. The van der Waals surface area contributed by atoms with Gasteiger partial charge in [0.05, 0.1) is 35.9 Å². The number of amides is 1. The largest absolute Gasteiger partial charge is 0.379 e. The number of hydrogen-bond acceptors (Lipinski definition) is 5. The third-order valence-electron chi connectivity index (χ3n) is 3.86. The molecule has 2 unspecified atom stereocenters. The molecule has 1 aliphatic rings. The minimum absolute atomic E-state index is 0.102. The molecule has 0 radical (unpaired) electrons. The minimum atomic E-state index is -0.102. The van der Waals surface area contributed by atoms with Crippen LogP contribution >= 0.6 is 11.3 Å². The smallest absolute Gasteiger partial charge is 0.229 e. The van der Waals surface area contributed by atoms with Crippen molar-refractivity contribution in [2.75, 3.05) is 27.3 Å². The lowest BCUT2D eigenvalue weighted by Crippen LogP contribution is -2.43. The van der Waals surface area contributed by atoms with Crippen LogP contribution < -0.4 is 5.32 Å². The molecule has 1 N–H and O–H groups in total. The zero-order valence-corrected chi connectivity index (χ0v) is 13.0. The van der Waals surface area contributed by atoms with Gasteiger partial charge in [0.25, 0.3) is 0 Å². The highest BCUT2D eigenvalue weighted by Crippen LogP contribution is 2.23. The van der Waals surface area contributed by atoms with Gasteiger partial charge in [-0.2, -0.15) is 0 Å². The van der Waals surface area contributed by atoms with Crippen molar-refractivity contribution >= 4 is 27.5 Å². The number of ether oxygens (including phenoxy) is 1. The minimum Gasteiger partial charge on any atom is -0.379 e. The van der Waals surface area contributed by atoms with Crippen LogP contribution in [-0.2, 0) is 16.1 Å². The fraction of sp³-hybridized carbons (Fsp3) is 0.467. The maximum Gasteiger partial charge on any atom is 0.229 e. The van der Waals surface area contributed by atoms with Crippen LogP contribution in [-0.4, -0.2) is 49.1 Å². The van der Waals surface area contributed by atoms with E-state index in [9.17, 15) is 4.79 Å². The summed E-state index contributed by atoms with van der Waals surface area (Å²) in [4.78, 5) is 18.8. The third-order valence-corrected chi connectivity index (χ3v) is 4.88. The summed E-state index contributed by atoms with van der Waals surface area (Å²) in [5, 5.41) is 4.11. The lowest BCUT2D eigenvalue weighted by Gasteiger charge is -2.22. The molecule has 1 aliphatic heterocycles. The molecular formula is C15H19N3O2S. The molecule has 0 saturated carbocycles. The van der Waals surface area contributed by atoms with E-state index in [0.717, 1.165) is 15.2 Å². The molecule has 2 atom stereocenters. The summed E-state index contributed by atoms with van der Waals surface area (Å²) in [5.41, 5.74) is 0.996. The molecule has 1 amide bonds. The average molecular weight is 305 g/mol. The zero-order chi connectivity index (χ0) is 14.8. The Morgan fingerprint density at radius 1 is 1.48 bits per heavy atom. The van der Waals surface area contributed by atoms with Crippen molar-refractivity contribution in [2.24, 2.45) is 5.92 Å². The Labute approximate surface area is 127 Å². The van der Waals surface area contributed by atoms with Crippen molar-refractivity contribution in [3.8, 4) is 0 Å². The molecule has 6 heteroatoms. The summed E-state index contributed by atoms with van der Waals surface area (Å²) in [5.74, 6) is 0.0143. The molecule has 0 spiro atoms. The third kappa shape index (κ3) is 2.92. The first kappa shape index (κ1) is 14.4. The summed E-state index contributed by atoms with van der Waals surface area (Å²) in [6.07, 6.45) is 0. The van der Waals surface area contributed by atoms with Gasteiger partial charge in [0, 0.05) is 13.1 Å². The van der Waals surface area contributed by atoms with Crippen LogP contribution in [0.25, 0.3) is 10.2 Å². The number of nitrogens with zero attached hydrogens (tertiary/aromatic N) is 2. The summed E-state index contributed by atoms with van der Waals surface area (Å²) < 4.78 is 6.57. The number of thiazole rings is 1. The van der Waals surface area contributed by atoms with Crippen LogP contribution in [0.15, 0.2) is 24.3 Å². The summed E-state index contributed by atoms with van der Waals surface area (Å²) >= 11 is 1.64. The molecule has 0 aliphatic carbocycles. The van der Waals surface area contributed by atoms with Gasteiger partial charge in [0.15, 0.2) is 0 Å². The monoisotopic (exact) mass is 305 g/mol. The van der Waals surface area contributed by atoms with E-state index < -0.39 is 0 Å². The quantitative estimate of drug-likeness (QED) is 0.930. The van der Waals surface area contributed by atoms with E-state index in [2.05, 4.69) is 16.4 Å². The van der Waals surface area contributed by atoms with Crippen LogP contribution in [0.5, 0.6) is 0 Å². The second-order valence-corrected chi connectivity index (χ2v) is 6.42. The maximum absolute atomic E-state index is 12.5. The van der Waals surface area contributed by atoms with Crippen molar-refractivity contribution < 1.29 is 9.53 Å². The van der Waals surface area contributed by atoms with Gasteiger partial charge in [-0.15, -0.1) is 11.3 Å². The fourth-order valence-corrected chi connectivity index (χ4v) is 3.65. The first-order valence-electron chi connectivity index (χ1n) is 7.03. The Morgan fingerprint density at radius 2 is 2.29 bits per heavy atom. The Kier molecular flexibility index (Phi) is 4.19. The number of rotatable bonds is 4. The van der Waals surface area contributed by atoms with E-state index in [1.165, 1.54) is 0 Å². The SMILES string of the molecule is CNC1COCC1C(=O)N(C)Cc1nc2ccccc2s1. The van der Waals surface area contributed by atoms with Crippen molar-refractivity contribution in [1.82, 2.24) is 15.2 Å². The number of fused-ring (bicyclic) bond motifs is 1. The Balaban J connectivity index is 1.70. The second kappa shape index (κ2) is 6.09. The molecular weight excluding hydrogens is 286 g/mol. The van der Waals surface area contributed by atoms with Gasteiger partial charge in [-0.3, -0.25) is 4.79 Å². The maximum atomic E-state index is 12.5. The van der Waals surface area contributed by atoms with E-state index in [0.29, 0.717) is 19.8 Å². The molecule has 3 rings (SSSR count). The van der Waals surface area contributed by atoms with Gasteiger partial charge in [-0.05, 0) is 19.2 Å². The molecule has 1 aromatic carbocycles. The fourth-order valence-electron chi connectivity index (χ4n) is 2.63. The molecule has 21 heavy (non-hydrogen) atoms. The molecule has 2 aromatic rings. The van der Waals surface area contributed by atoms with E-state index in [-0.39, 0.29) is 17.9 Å². The highest BCUT2D eigenvalue weighted by molar-refractivity contribution is 7.18. The van der Waals surface area contributed by atoms with E-state index in [1.807, 2.05) is 32.3 Å². The van der Waals surface area contributed by atoms with Crippen LogP contribution in [0.2, 0.25) is 0 Å². The zero-order valence-electron chi connectivity index (χ0n) is 12.2. The Hall–Kier alpha value is -1.50. The van der Waals surface area contributed by atoms with Gasteiger partial charge in [-0.25, -0.2) is 4.98 Å². The lowest BCUT2D eigenvalue weighted by molar-refractivity contribution is -0.135. The van der Waals surface area contributed by atoms with Crippen molar-refractivity contribution in [3.05, 3.63) is 29.3 Å². The predicted molar refractivity (Wildman–Crippen MR) is 83.3 cm³/mol. The highest BCUT2D eigenvalue weighted by atomic mass is 32.1. The van der Waals surface area contributed by atoms with Crippen LogP contribution in [0.4, 0.5) is 0 Å². The summed E-state index contributed by atoms with van der Waals surface area (Å²) in [6.45, 7) is 1.64. The van der Waals surface area contributed by atoms with Gasteiger partial charge in [0.1, 0.15) is 5.01 Å². The summed E-state index contributed by atoms with van der Waals surface area (Å²) in [7, 11) is 3.70. The lowest BCUT2D eigenvalue weighted by atomic mass is 10.0. The first-order chi connectivity index (χ1) is 10.2. The molecule has 1 aromatic heterocycles. The number of aromatic nitrogens is 1. The normalized spacial score (nSPS) is 21.8. The van der Waals surface area contributed by atoms with Crippen molar-refractivity contribution in [1.29, 1.82) is 0 Å². The summed E-state index contributed by atoms with van der Waals surface area (Å²) in [6, 6.07) is 8.15. The molecule has 2 heterocycles. The first-order valence-corrected chi connectivity index (χ1v) is 7.85. The van der Waals surface area contributed by atoms with Crippen molar-refractivity contribution in [2.45, 2.75) is 12.6 Å². The Morgan fingerprint density at radius 3 is 3.05 bits per heavy atom. The number of carbonyl (C=O) groups is 1. The second-order valence-electron chi connectivity index (χ2n) is 5.31. The number of para-hydroxylation sites is 1. The number of benzene rings is 1. The van der Waals surface area contributed by atoms with Crippen LogP contribution in [0.1, 0.15) is 5.01 Å². The number of carbonyl (C=O) groups excluding carboxylic acids is 1. The van der Waals surface area contributed by atoms with Gasteiger partial charge >= 0.3 is 0 Å². The van der Waals surface area contributed by atoms with E-state index in [4.69, 9.17) is 4.74 Å². The molecule has 1 saturated heterocycles.